The van der Waals surface area contributed by atoms with E-state index in [0.717, 1.165) is 43.9 Å². The van der Waals surface area contributed by atoms with Crippen molar-refractivity contribution in [1.82, 2.24) is 20.5 Å². The first-order valence-electron chi connectivity index (χ1n) is 5.72. The summed E-state index contributed by atoms with van der Waals surface area (Å²) in [6.07, 6.45) is 1.26. The van der Waals surface area contributed by atoms with Gasteiger partial charge in [0.05, 0.1) is 0 Å². The molecule has 2 N–H and O–H groups in total. The summed E-state index contributed by atoms with van der Waals surface area (Å²) in [5.41, 5.74) is 0. The standard InChI is InChI=1S/C10H17N5/c1-7-6-8(7)9-12-10(14-13-9)15-4-2-11-3-5-15/h7-8,11H,2-6H2,1H3,(H,12,13,14). The van der Waals surface area contributed by atoms with E-state index >= 15 is 0 Å². The Morgan fingerprint density at radius 3 is 2.73 bits per heavy atom. The first-order valence-corrected chi connectivity index (χ1v) is 5.72. The van der Waals surface area contributed by atoms with E-state index in [0.29, 0.717) is 5.92 Å². The Balaban J connectivity index is 1.72. The third kappa shape index (κ3) is 1.71. The molecule has 5 heteroatoms. The minimum atomic E-state index is 0.633. The highest BCUT2D eigenvalue weighted by molar-refractivity contribution is 5.30. The van der Waals surface area contributed by atoms with E-state index in [4.69, 9.17) is 0 Å². The van der Waals surface area contributed by atoms with Crippen LogP contribution in [-0.4, -0.2) is 41.4 Å². The molecule has 2 fully saturated rings. The van der Waals surface area contributed by atoms with Gasteiger partial charge in [0.25, 0.3) is 0 Å². The van der Waals surface area contributed by atoms with Crippen molar-refractivity contribution in [3.8, 4) is 0 Å². The van der Waals surface area contributed by atoms with Gasteiger partial charge < -0.3 is 10.2 Å². The lowest BCUT2D eigenvalue weighted by Gasteiger charge is -2.25. The van der Waals surface area contributed by atoms with Crippen molar-refractivity contribution in [1.29, 1.82) is 0 Å². The molecule has 0 radical (unpaired) electrons. The first-order chi connectivity index (χ1) is 7.34. The van der Waals surface area contributed by atoms with Gasteiger partial charge in [0.1, 0.15) is 5.82 Å². The summed E-state index contributed by atoms with van der Waals surface area (Å²) in [7, 11) is 0. The number of piperazine rings is 1. The van der Waals surface area contributed by atoms with Crippen LogP contribution in [-0.2, 0) is 0 Å². The number of nitrogens with one attached hydrogen (secondary N) is 2. The van der Waals surface area contributed by atoms with E-state index in [1.807, 2.05) is 0 Å². The fourth-order valence-electron chi connectivity index (χ4n) is 2.14. The highest BCUT2D eigenvalue weighted by atomic mass is 15.4. The van der Waals surface area contributed by atoms with Crippen molar-refractivity contribution < 1.29 is 0 Å². The molecule has 2 aliphatic rings. The molecular weight excluding hydrogens is 190 g/mol. The Labute approximate surface area is 89.3 Å². The van der Waals surface area contributed by atoms with Crippen molar-refractivity contribution in [2.24, 2.45) is 5.92 Å². The molecule has 0 amide bonds. The summed E-state index contributed by atoms with van der Waals surface area (Å²) in [6.45, 7) is 6.35. The van der Waals surface area contributed by atoms with Crippen LogP contribution in [0.25, 0.3) is 0 Å². The zero-order chi connectivity index (χ0) is 10.3. The molecule has 15 heavy (non-hydrogen) atoms. The van der Waals surface area contributed by atoms with Crippen LogP contribution in [0.4, 0.5) is 5.95 Å². The van der Waals surface area contributed by atoms with Crippen LogP contribution in [0.2, 0.25) is 0 Å². The summed E-state index contributed by atoms with van der Waals surface area (Å²) in [4.78, 5) is 6.82. The molecule has 1 aliphatic heterocycles. The number of rotatable bonds is 2. The summed E-state index contributed by atoms with van der Waals surface area (Å²) in [5, 5.41) is 10.7. The molecule has 82 valence electrons. The molecule has 0 spiro atoms. The van der Waals surface area contributed by atoms with Gasteiger partial charge in [0, 0.05) is 32.1 Å². The number of aromatic nitrogens is 3. The van der Waals surface area contributed by atoms with Gasteiger partial charge in [-0.3, -0.25) is 5.10 Å². The Kier molecular flexibility index (Phi) is 2.12. The largest absolute Gasteiger partial charge is 0.337 e. The van der Waals surface area contributed by atoms with Crippen molar-refractivity contribution in [2.45, 2.75) is 19.3 Å². The number of hydrogen-bond donors (Lipinski definition) is 2. The topological polar surface area (TPSA) is 56.8 Å². The normalized spacial score (nSPS) is 30.6. The van der Waals surface area contributed by atoms with Crippen molar-refractivity contribution >= 4 is 5.95 Å². The van der Waals surface area contributed by atoms with Gasteiger partial charge >= 0.3 is 0 Å². The Morgan fingerprint density at radius 1 is 1.33 bits per heavy atom. The number of anilines is 1. The third-order valence-corrected chi connectivity index (χ3v) is 3.35. The molecule has 1 aromatic heterocycles. The fourth-order valence-corrected chi connectivity index (χ4v) is 2.14. The smallest absolute Gasteiger partial charge is 0.244 e. The third-order valence-electron chi connectivity index (χ3n) is 3.35. The van der Waals surface area contributed by atoms with Gasteiger partial charge in [0.2, 0.25) is 5.95 Å². The first kappa shape index (κ1) is 9.15. The second-order valence-electron chi connectivity index (χ2n) is 4.58. The summed E-state index contributed by atoms with van der Waals surface area (Å²) in [6, 6.07) is 0. The van der Waals surface area contributed by atoms with Crippen LogP contribution < -0.4 is 10.2 Å². The predicted octanol–water partition coefficient (Wildman–Crippen LogP) is 0.338. The van der Waals surface area contributed by atoms with Crippen LogP contribution in [0.3, 0.4) is 0 Å². The van der Waals surface area contributed by atoms with Crippen molar-refractivity contribution in [3.63, 3.8) is 0 Å². The summed E-state index contributed by atoms with van der Waals surface area (Å²) in [5.74, 6) is 3.38. The Bertz CT molecular complexity index is 341. The molecule has 1 aromatic rings. The number of hydrogen-bond acceptors (Lipinski definition) is 4. The fraction of sp³-hybridized carbons (Fsp3) is 0.800. The molecular formula is C10H17N5. The quantitative estimate of drug-likeness (QED) is 0.734. The van der Waals surface area contributed by atoms with Gasteiger partial charge in [-0.25, -0.2) is 0 Å². The van der Waals surface area contributed by atoms with E-state index in [1.165, 1.54) is 6.42 Å². The van der Waals surface area contributed by atoms with Crippen LogP contribution in [0, 0.1) is 5.92 Å². The number of nitrogens with zero attached hydrogens (tertiary/aromatic N) is 3. The number of aromatic amines is 1. The Morgan fingerprint density at radius 2 is 2.07 bits per heavy atom. The lowest BCUT2D eigenvalue weighted by molar-refractivity contribution is 0.580. The molecule has 1 saturated heterocycles. The summed E-state index contributed by atoms with van der Waals surface area (Å²) < 4.78 is 0. The summed E-state index contributed by atoms with van der Waals surface area (Å²) >= 11 is 0. The van der Waals surface area contributed by atoms with Crippen LogP contribution in [0.5, 0.6) is 0 Å². The lowest BCUT2D eigenvalue weighted by atomic mass is 10.3. The minimum absolute atomic E-state index is 0.633. The average Bonchev–Trinajstić information content (AvgIpc) is 2.83. The maximum absolute atomic E-state index is 4.58. The van der Waals surface area contributed by atoms with E-state index in [2.05, 4.69) is 32.3 Å². The highest BCUT2D eigenvalue weighted by Crippen LogP contribution is 2.45. The van der Waals surface area contributed by atoms with Gasteiger partial charge in [-0.15, -0.1) is 5.10 Å². The maximum atomic E-state index is 4.58. The predicted molar refractivity (Wildman–Crippen MR) is 58.0 cm³/mol. The molecule has 5 nitrogen and oxygen atoms in total. The molecule has 2 atom stereocenters. The second kappa shape index (κ2) is 3.48. The molecule has 1 aliphatic carbocycles. The van der Waals surface area contributed by atoms with Gasteiger partial charge in [-0.1, -0.05) is 6.92 Å². The maximum Gasteiger partial charge on any atom is 0.244 e. The lowest BCUT2D eigenvalue weighted by Crippen LogP contribution is -2.44. The monoisotopic (exact) mass is 207 g/mol. The molecule has 2 unspecified atom stereocenters. The van der Waals surface area contributed by atoms with Crippen LogP contribution in [0.15, 0.2) is 0 Å². The van der Waals surface area contributed by atoms with Gasteiger partial charge in [0.15, 0.2) is 0 Å². The van der Waals surface area contributed by atoms with Gasteiger partial charge in [-0.05, 0) is 12.3 Å². The molecule has 3 rings (SSSR count). The Hall–Kier alpha value is -1.10. The zero-order valence-corrected chi connectivity index (χ0v) is 9.03. The van der Waals surface area contributed by atoms with E-state index < -0.39 is 0 Å². The number of H-pyrrole nitrogens is 1. The van der Waals surface area contributed by atoms with Crippen molar-refractivity contribution in [3.05, 3.63) is 5.82 Å². The van der Waals surface area contributed by atoms with Crippen molar-refractivity contribution in [2.75, 3.05) is 31.1 Å². The minimum Gasteiger partial charge on any atom is -0.337 e. The highest BCUT2D eigenvalue weighted by Gasteiger charge is 2.37. The van der Waals surface area contributed by atoms with E-state index in [1.54, 1.807) is 0 Å². The molecule has 0 aromatic carbocycles. The van der Waals surface area contributed by atoms with E-state index in [-0.39, 0.29) is 0 Å². The SMILES string of the molecule is CC1CC1c1nc(N2CCNCC2)n[nH]1. The zero-order valence-electron chi connectivity index (χ0n) is 9.03. The average molecular weight is 207 g/mol. The van der Waals surface area contributed by atoms with E-state index in [9.17, 15) is 0 Å². The molecule has 0 bridgehead atoms. The second-order valence-corrected chi connectivity index (χ2v) is 4.58. The van der Waals surface area contributed by atoms with Gasteiger partial charge in [-0.2, -0.15) is 4.98 Å². The van der Waals surface area contributed by atoms with Crippen LogP contribution in [0.1, 0.15) is 25.1 Å². The molecule has 1 saturated carbocycles. The molecule has 2 heterocycles. The van der Waals surface area contributed by atoms with Crippen LogP contribution >= 0.6 is 0 Å².